The summed E-state index contributed by atoms with van der Waals surface area (Å²) in [5, 5.41) is 12.9. The number of aromatic nitrogens is 3. The van der Waals surface area contributed by atoms with Crippen LogP contribution in [0.15, 0.2) is 6.20 Å². The molecular formula is C7H10N4O. The molecule has 5 heteroatoms. The van der Waals surface area contributed by atoms with E-state index in [9.17, 15) is 4.79 Å². The van der Waals surface area contributed by atoms with Crippen molar-refractivity contribution in [3.05, 3.63) is 11.9 Å². The van der Waals surface area contributed by atoms with Gasteiger partial charge in [-0.1, -0.05) is 0 Å². The summed E-state index contributed by atoms with van der Waals surface area (Å²) in [6.07, 6.45) is 3.26. The number of rotatable bonds is 2. The minimum absolute atomic E-state index is 0.0927. The molecule has 64 valence electrons. The molecule has 1 amide bonds. The van der Waals surface area contributed by atoms with E-state index >= 15 is 0 Å². The Bertz CT molecular complexity index is 269. The summed E-state index contributed by atoms with van der Waals surface area (Å²) >= 11 is 0. The Balaban J connectivity index is 1.99. The fraction of sp³-hybridized carbons (Fsp3) is 0.571. The van der Waals surface area contributed by atoms with E-state index < -0.39 is 0 Å². The van der Waals surface area contributed by atoms with Gasteiger partial charge >= 0.3 is 0 Å². The van der Waals surface area contributed by atoms with Crippen LogP contribution in [0.2, 0.25) is 0 Å². The number of nitrogens with zero attached hydrogens (tertiary/aromatic N) is 2. The molecule has 0 bridgehead atoms. The third kappa shape index (κ3) is 1.30. The zero-order chi connectivity index (χ0) is 8.39. The lowest BCUT2D eigenvalue weighted by molar-refractivity contribution is -0.122. The van der Waals surface area contributed by atoms with E-state index in [0.29, 0.717) is 6.42 Å². The molecule has 0 radical (unpaired) electrons. The van der Waals surface area contributed by atoms with Crippen molar-refractivity contribution in [2.24, 2.45) is 5.92 Å². The van der Waals surface area contributed by atoms with E-state index in [1.165, 1.54) is 0 Å². The summed E-state index contributed by atoms with van der Waals surface area (Å²) in [7, 11) is 0. The Kier molecular flexibility index (Phi) is 1.77. The highest BCUT2D eigenvalue weighted by Crippen LogP contribution is 2.13. The average molecular weight is 166 g/mol. The van der Waals surface area contributed by atoms with Gasteiger partial charge in [0.2, 0.25) is 5.91 Å². The molecule has 5 nitrogen and oxygen atoms in total. The van der Waals surface area contributed by atoms with Crippen LogP contribution in [0.1, 0.15) is 12.1 Å². The molecule has 1 fully saturated rings. The zero-order valence-electron chi connectivity index (χ0n) is 6.58. The molecule has 1 atom stereocenters. The predicted molar refractivity (Wildman–Crippen MR) is 41.2 cm³/mol. The standard InChI is InChI=1S/C7H10N4O/c12-7-5(1-2-8-7)3-6-4-9-11-10-6/h4-5H,1-3H2,(H,8,12)(H,9,10,11). The number of nitrogens with one attached hydrogen (secondary N) is 2. The van der Waals surface area contributed by atoms with E-state index in [2.05, 4.69) is 20.7 Å². The molecule has 1 aromatic rings. The van der Waals surface area contributed by atoms with E-state index in [1.54, 1.807) is 6.20 Å². The predicted octanol–water partition coefficient (Wildman–Crippen LogP) is -0.517. The molecule has 1 saturated heterocycles. The first-order valence-corrected chi connectivity index (χ1v) is 3.98. The maximum atomic E-state index is 11.1. The van der Waals surface area contributed by atoms with Crippen LogP contribution in [0.4, 0.5) is 0 Å². The molecule has 0 aromatic carbocycles. The van der Waals surface area contributed by atoms with Gasteiger partial charge in [0.15, 0.2) is 0 Å². The number of amides is 1. The van der Waals surface area contributed by atoms with Crippen LogP contribution in [0.5, 0.6) is 0 Å². The second-order valence-electron chi connectivity index (χ2n) is 2.94. The molecule has 12 heavy (non-hydrogen) atoms. The summed E-state index contributed by atoms with van der Waals surface area (Å²) in [6.45, 7) is 0.793. The van der Waals surface area contributed by atoms with Crippen molar-refractivity contribution in [3.63, 3.8) is 0 Å². The van der Waals surface area contributed by atoms with Crippen molar-refractivity contribution in [1.82, 2.24) is 20.7 Å². The number of aromatic amines is 1. The topological polar surface area (TPSA) is 70.7 Å². The Labute approximate surface area is 69.5 Å². The molecule has 2 heterocycles. The van der Waals surface area contributed by atoms with Gasteiger partial charge in [-0.25, -0.2) is 0 Å². The van der Waals surface area contributed by atoms with Crippen molar-refractivity contribution in [2.75, 3.05) is 6.54 Å². The Morgan fingerprint density at radius 3 is 3.17 bits per heavy atom. The average Bonchev–Trinajstić information content (AvgIpc) is 2.65. The fourth-order valence-corrected chi connectivity index (χ4v) is 1.42. The SMILES string of the molecule is O=C1NCCC1Cc1cn[nH]n1. The molecule has 0 spiro atoms. The highest BCUT2D eigenvalue weighted by atomic mass is 16.2. The van der Waals surface area contributed by atoms with Gasteiger partial charge in [0.25, 0.3) is 0 Å². The van der Waals surface area contributed by atoms with Gasteiger partial charge in [-0.2, -0.15) is 15.4 Å². The highest BCUT2D eigenvalue weighted by Gasteiger charge is 2.24. The van der Waals surface area contributed by atoms with Crippen LogP contribution in [0, 0.1) is 5.92 Å². The second kappa shape index (κ2) is 2.92. The molecule has 2 N–H and O–H groups in total. The van der Waals surface area contributed by atoms with Gasteiger partial charge in [0, 0.05) is 18.9 Å². The van der Waals surface area contributed by atoms with E-state index in [4.69, 9.17) is 0 Å². The van der Waals surface area contributed by atoms with Crippen LogP contribution in [0.3, 0.4) is 0 Å². The van der Waals surface area contributed by atoms with Gasteiger partial charge < -0.3 is 5.32 Å². The smallest absolute Gasteiger partial charge is 0.223 e. The largest absolute Gasteiger partial charge is 0.356 e. The Morgan fingerprint density at radius 1 is 1.67 bits per heavy atom. The first-order chi connectivity index (χ1) is 5.86. The summed E-state index contributed by atoms with van der Waals surface area (Å²) < 4.78 is 0. The van der Waals surface area contributed by atoms with Crippen molar-refractivity contribution in [1.29, 1.82) is 0 Å². The maximum absolute atomic E-state index is 11.1. The molecule has 1 aliphatic rings. The van der Waals surface area contributed by atoms with Gasteiger partial charge in [0.05, 0.1) is 11.9 Å². The van der Waals surface area contributed by atoms with Gasteiger partial charge in [-0.15, -0.1) is 0 Å². The summed E-state index contributed by atoms with van der Waals surface area (Å²) in [4.78, 5) is 11.1. The quantitative estimate of drug-likeness (QED) is 0.621. The third-order valence-electron chi connectivity index (χ3n) is 2.08. The zero-order valence-corrected chi connectivity index (χ0v) is 6.58. The molecular weight excluding hydrogens is 156 g/mol. The normalized spacial score (nSPS) is 22.7. The van der Waals surface area contributed by atoms with E-state index in [1.807, 2.05) is 0 Å². The lowest BCUT2D eigenvalue weighted by atomic mass is 10.0. The van der Waals surface area contributed by atoms with Crippen molar-refractivity contribution in [2.45, 2.75) is 12.8 Å². The monoisotopic (exact) mass is 166 g/mol. The number of H-pyrrole nitrogens is 1. The lowest BCUT2D eigenvalue weighted by Gasteiger charge is -2.01. The third-order valence-corrected chi connectivity index (χ3v) is 2.08. The maximum Gasteiger partial charge on any atom is 0.223 e. The Morgan fingerprint density at radius 2 is 2.58 bits per heavy atom. The minimum atomic E-state index is 0.0927. The number of carbonyl (C=O) groups excluding carboxylic acids is 1. The van der Waals surface area contributed by atoms with Gasteiger partial charge in [-0.3, -0.25) is 4.79 Å². The van der Waals surface area contributed by atoms with Gasteiger partial charge in [0.1, 0.15) is 0 Å². The number of hydrogen-bond acceptors (Lipinski definition) is 3. The Hall–Kier alpha value is -1.39. The number of hydrogen-bond donors (Lipinski definition) is 2. The summed E-state index contributed by atoms with van der Waals surface area (Å²) in [5.74, 6) is 0.230. The van der Waals surface area contributed by atoms with Crippen LogP contribution in [-0.2, 0) is 11.2 Å². The van der Waals surface area contributed by atoms with E-state index in [-0.39, 0.29) is 11.8 Å². The van der Waals surface area contributed by atoms with Gasteiger partial charge in [-0.05, 0) is 6.42 Å². The molecule has 1 unspecified atom stereocenters. The number of carbonyl (C=O) groups is 1. The van der Waals surface area contributed by atoms with Crippen molar-refractivity contribution < 1.29 is 4.79 Å². The lowest BCUT2D eigenvalue weighted by Crippen LogP contribution is -2.20. The van der Waals surface area contributed by atoms with Crippen LogP contribution in [0.25, 0.3) is 0 Å². The summed E-state index contributed by atoms with van der Waals surface area (Å²) in [6, 6.07) is 0. The van der Waals surface area contributed by atoms with E-state index in [0.717, 1.165) is 18.7 Å². The molecule has 0 saturated carbocycles. The molecule has 2 rings (SSSR count). The van der Waals surface area contributed by atoms with Crippen LogP contribution < -0.4 is 5.32 Å². The van der Waals surface area contributed by atoms with Crippen LogP contribution >= 0.6 is 0 Å². The summed E-state index contributed by atoms with van der Waals surface area (Å²) in [5.41, 5.74) is 0.858. The minimum Gasteiger partial charge on any atom is -0.356 e. The first kappa shape index (κ1) is 7.27. The molecule has 1 aromatic heterocycles. The highest BCUT2D eigenvalue weighted by molar-refractivity contribution is 5.80. The van der Waals surface area contributed by atoms with Crippen molar-refractivity contribution in [3.8, 4) is 0 Å². The second-order valence-corrected chi connectivity index (χ2v) is 2.94. The fourth-order valence-electron chi connectivity index (χ4n) is 1.42. The van der Waals surface area contributed by atoms with Crippen LogP contribution in [-0.4, -0.2) is 27.9 Å². The first-order valence-electron chi connectivity index (χ1n) is 3.98. The van der Waals surface area contributed by atoms with Crippen molar-refractivity contribution >= 4 is 5.91 Å². The molecule has 0 aliphatic carbocycles. The molecule has 1 aliphatic heterocycles.